The number of carboxylic acids is 1. The Morgan fingerprint density at radius 3 is 2.36 bits per heavy atom. The Kier molecular flexibility index (Phi) is 10.7. The van der Waals surface area contributed by atoms with Gasteiger partial charge in [0.2, 0.25) is 5.91 Å². The SMILES string of the molecule is CCOC(=O)ON1CCN(C(=O)[C@H](CCC(=O)O)NC(=O)c2cc(N3CCC(O)CC3)cc(-c3ccccc3)n2)CC1. The highest BCUT2D eigenvalue weighted by Crippen LogP contribution is 2.27. The molecule has 0 bridgehead atoms. The number of ether oxygens (including phenoxy) is 1. The van der Waals surface area contributed by atoms with Gasteiger partial charge in [0, 0.05) is 43.9 Å². The zero-order chi connectivity index (χ0) is 30.1. The molecule has 1 aromatic heterocycles. The summed E-state index contributed by atoms with van der Waals surface area (Å²) < 4.78 is 4.78. The summed E-state index contributed by atoms with van der Waals surface area (Å²) in [4.78, 5) is 63.3. The van der Waals surface area contributed by atoms with E-state index >= 15 is 0 Å². The van der Waals surface area contributed by atoms with Crippen LogP contribution in [0.3, 0.4) is 0 Å². The van der Waals surface area contributed by atoms with E-state index in [1.54, 1.807) is 13.0 Å². The number of amides is 2. The molecule has 2 amide bonds. The predicted molar refractivity (Wildman–Crippen MR) is 152 cm³/mol. The van der Waals surface area contributed by atoms with Crippen LogP contribution in [0.1, 0.15) is 43.1 Å². The lowest BCUT2D eigenvalue weighted by atomic mass is 10.1. The number of anilines is 1. The van der Waals surface area contributed by atoms with E-state index in [-0.39, 0.29) is 57.4 Å². The molecule has 4 rings (SSSR count). The van der Waals surface area contributed by atoms with Crippen molar-refractivity contribution >= 4 is 29.6 Å². The van der Waals surface area contributed by atoms with Crippen LogP contribution in [0.5, 0.6) is 0 Å². The Bertz CT molecular complexity index is 1240. The summed E-state index contributed by atoms with van der Waals surface area (Å²) in [5, 5.41) is 23.4. The first kappa shape index (κ1) is 30.7. The maximum absolute atomic E-state index is 13.6. The van der Waals surface area contributed by atoms with Crippen molar-refractivity contribution in [1.29, 1.82) is 0 Å². The van der Waals surface area contributed by atoms with Gasteiger partial charge in [-0.15, -0.1) is 5.06 Å². The van der Waals surface area contributed by atoms with E-state index in [0.29, 0.717) is 31.6 Å². The summed E-state index contributed by atoms with van der Waals surface area (Å²) in [7, 11) is 0. The van der Waals surface area contributed by atoms with Gasteiger partial charge in [-0.05, 0) is 38.3 Å². The molecule has 0 saturated carbocycles. The molecular formula is C29H37N5O8. The number of benzene rings is 1. The first-order valence-electron chi connectivity index (χ1n) is 14.1. The van der Waals surface area contributed by atoms with Crippen molar-refractivity contribution < 1.29 is 39.0 Å². The molecule has 3 N–H and O–H groups in total. The van der Waals surface area contributed by atoms with Gasteiger partial charge in [0.1, 0.15) is 11.7 Å². The molecule has 13 nitrogen and oxygen atoms in total. The van der Waals surface area contributed by atoms with Crippen molar-refractivity contribution in [3.63, 3.8) is 0 Å². The summed E-state index contributed by atoms with van der Waals surface area (Å²) in [6.07, 6.45) is -0.396. The van der Waals surface area contributed by atoms with Gasteiger partial charge in [-0.25, -0.2) is 9.78 Å². The molecule has 0 radical (unpaired) electrons. The Morgan fingerprint density at radius 1 is 1.02 bits per heavy atom. The molecule has 0 spiro atoms. The number of piperidine rings is 1. The van der Waals surface area contributed by atoms with Crippen LogP contribution in [0.25, 0.3) is 11.3 Å². The zero-order valence-electron chi connectivity index (χ0n) is 23.6. The average Bonchev–Trinajstić information content (AvgIpc) is 2.99. The zero-order valence-corrected chi connectivity index (χ0v) is 23.6. The monoisotopic (exact) mass is 583 g/mol. The average molecular weight is 584 g/mol. The van der Waals surface area contributed by atoms with E-state index in [4.69, 9.17) is 9.57 Å². The Morgan fingerprint density at radius 2 is 1.71 bits per heavy atom. The number of carbonyl (C=O) groups excluding carboxylic acids is 3. The van der Waals surface area contributed by atoms with Crippen molar-refractivity contribution in [2.24, 2.45) is 0 Å². The Hall–Kier alpha value is -4.23. The van der Waals surface area contributed by atoms with E-state index in [1.807, 2.05) is 36.4 Å². The van der Waals surface area contributed by atoms with Gasteiger partial charge >= 0.3 is 12.1 Å². The van der Waals surface area contributed by atoms with Crippen molar-refractivity contribution in [3.05, 3.63) is 48.2 Å². The highest BCUT2D eigenvalue weighted by atomic mass is 16.8. The first-order chi connectivity index (χ1) is 20.2. The number of hydroxylamine groups is 2. The Labute approximate surface area is 244 Å². The third-order valence-corrected chi connectivity index (χ3v) is 7.21. The summed E-state index contributed by atoms with van der Waals surface area (Å²) in [6, 6.07) is 11.9. The normalized spacial score (nSPS) is 16.9. The second-order valence-corrected chi connectivity index (χ2v) is 10.2. The lowest BCUT2D eigenvalue weighted by Gasteiger charge is -2.35. The number of pyridine rings is 1. The standard InChI is InChI=1S/C29H37N5O8/c1-2-41-29(40)42-34-16-14-33(15-17-34)28(39)23(8-9-26(36)37)31-27(38)25-19-21(32-12-10-22(35)11-13-32)18-24(30-25)20-6-4-3-5-7-20/h3-7,18-19,22-23,35H,2,8-17H2,1H3,(H,31,38)(H,36,37)/t23-/m0/s1. The van der Waals surface area contributed by atoms with E-state index in [9.17, 15) is 29.4 Å². The van der Waals surface area contributed by atoms with Crippen LogP contribution < -0.4 is 10.2 Å². The third-order valence-electron chi connectivity index (χ3n) is 7.21. The second-order valence-electron chi connectivity index (χ2n) is 10.2. The van der Waals surface area contributed by atoms with Gasteiger partial charge < -0.3 is 34.9 Å². The topological polar surface area (TPSA) is 162 Å². The molecule has 2 aliphatic heterocycles. The lowest BCUT2D eigenvalue weighted by Crippen LogP contribution is -2.55. The van der Waals surface area contributed by atoms with Gasteiger partial charge in [0.25, 0.3) is 5.91 Å². The minimum atomic E-state index is -1.10. The number of carbonyl (C=O) groups is 4. The molecular weight excluding hydrogens is 546 g/mol. The first-order valence-corrected chi connectivity index (χ1v) is 14.1. The summed E-state index contributed by atoms with van der Waals surface area (Å²) in [5.74, 6) is -2.11. The van der Waals surface area contributed by atoms with Gasteiger partial charge in [-0.2, -0.15) is 0 Å². The maximum atomic E-state index is 13.6. The van der Waals surface area contributed by atoms with E-state index in [1.165, 1.54) is 9.96 Å². The van der Waals surface area contributed by atoms with Crippen molar-refractivity contribution in [2.45, 2.75) is 44.8 Å². The molecule has 0 aliphatic carbocycles. The van der Waals surface area contributed by atoms with Crippen LogP contribution in [-0.4, -0.2) is 107 Å². The number of rotatable bonds is 10. The molecule has 13 heteroatoms. The van der Waals surface area contributed by atoms with Crippen LogP contribution >= 0.6 is 0 Å². The summed E-state index contributed by atoms with van der Waals surface area (Å²) >= 11 is 0. The van der Waals surface area contributed by atoms with Gasteiger partial charge in [0.15, 0.2) is 0 Å². The van der Waals surface area contributed by atoms with Crippen LogP contribution in [0, 0.1) is 0 Å². The number of aromatic nitrogens is 1. The highest BCUT2D eigenvalue weighted by molar-refractivity contribution is 5.97. The summed E-state index contributed by atoms with van der Waals surface area (Å²) in [5.41, 5.74) is 2.26. The Balaban J connectivity index is 1.51. The number of nitrogens with zero attached hydrogens (tertiary/aromatic N) is 4. The lowest BCUT2D eigenvalue weighted by molar-refractivity contribution is -0.157. The maximum Gasteiger partial charge on any atom is 0.527 e. The van der Waals surface area contributed by atoms with Gasteiger partial charge in [0.05, 0.1) is 31.5 Å². The van der Waals surface area contributed by atoms with Crippen LogP contribution in [0.4, 0.5) is 10.5 Å². The molecule has 226 valence electrons. The van der Waals surface area contributed by atoms with E-state index < -0.39 is 30.0 Å². The van der Waals surface area contributed by atoms with Crippen molar-refractivity contribution in [3.8, 4) is 11.3 Å². The van der Waals surface area contributed by atoms with Crippen molar-refractivity contribution in [2.75, 3.05) is 50.8 Å². The summed E-state index contributed by atoms with van der Waals surface area (Å²) in [6.45, 7) is 3.97. The minimum Gasteiger partial charge on any atom is -0.481 e. The molecule has 42 heavy (non-hydrogen) atoms. The fourth-order valence-electron chi connectivity index (χ4n) is 4.92. The number of aliphatic hydroxyl groups excluding tert-OH is 1. The molecule has 2 fully saturated rings. The van der Waals surface area contributed by atoms with Gasteiger partial charge in [-0.3, -0.25) is 14.4 Å². The quantitative estimate of drug-likeness (QED) is 0.350. The molecule has 2 aliphatic rings. The molecule has 3 heterocycles. The number of aliphatic carboxylic acids is 1. The second kappa shape index (κ2) is 14.6. The molecule has 1 atom stereocenters. The number of hydrogen-bond acceptors (Lipinski definition) is 10. The molecule has 1 aromatic carbocycles. The van der Waals surface area contributed by atoms with Crippen LogP contribution in [0.2, 0.25) is 0 Å². The molecule has 2 aromatic rings. The number of aliphatic hydroxyl groups is 1. The fraction of sp³-hybridized carbons (Fsp3) is 0.483. The highest BCUT2D eigenvalue weighted by Gasteiger charge is 2.31. The number of hydrogen-bond donors (Lipinski definition) is 3. The van der Waals surface area contributed by atoms with Crippen molar-refractivity contribution in [1.82, 2.24) is 20.3 Å². The number of nitrogens with one attached hydrogen (secondary N) is 1. The van der Waals surface area contributed by atoms with Crippen LogP contribution in [-0.2, 0) is 19.2 Å². The minimum absolute atomic E-state index is 0.0956. The molecule has 2 saturated heterocycles. The number of piperazine rings is 1. The molecule has 0 unspecified atom stereocenters. The van der Waals surface area contributed by atoms with E-state index in [2.05, 4.69) is 15.2 Å². The smallest absolute Gasteiger partial charge is 0.481 e. The fourth-order valence-corrected chi connectivity index (χ4v) is 4.92. The number of carboxylic acid groups (broad SMARTS) is 1. The van der Waals surface area contributed by atoms with Gasteiger partial charge in [-0.1, -0.05) is 30.3 Å². The van der Waals surface area contributed by atoms with E-state index in [0.717, 1.165) is 11.3 Å². The third kappa shape index (κ3) is 8.40. The largest absolute Gasteiger partial charge is 0.527 e. The van der Waals surface area contributed by atoms with Crippen LogP contribution in [0.15, 0.2) is 42.5 Å². The predicted octanol–water partition coefficient (Wildman–Crippen LogP) is 1.91.